The van der Waals surface area contributed by atoms with Crippen LogP contribution in [0.4, 0.5) is 0 Å². The molecule has 2 N–H and O–H groups in total. The number of hydrogen-bond donors (Lipinski definition) is 2. The smallest absolute Gasteiger partial charge is 0.335 e. The van der Waals surface area contributed by atoms with Crippen LogP contribution in [-0.4, -0.2) is 49.6 Å². The molecule has 1 aliphatic carbocycles. The summed E-state index contributed by atoms with van der Waals surface area (Å²) in [6.07, 6.45) is 10.0. The van der Waals surface area contributed by atoms with Crippen molar-refractivity contribution in [1.29, 1.82) is 0 Å². The Balaban J connectivity index is 1.22. The van der Waals surface area contributed by atoms with Crippen LogP contribution in [0.25, 0.3) is 10.9 Å². The molecule has 0 aliphatic heterocycles. The molecule has 0 bridgehead atoms. The molecule has 7 nitrogen and oxygen atoms in total. The van der Waals surface area contributed by atoms with E-state index in [1.165, 1.54) is 0 Å². The Labute approximate surface area is 341 Å². The number of benzene rings is 5. The molecule has 5 aromatic carbocycles. The number of rotatable bonds is 16. The van der Waals surface area contributed by atoms with E-state index in [1.807, 2.05) is 74.8 Å². The lowest BCUT2D eigenvalue weighted by atomic mass is 9.89. The van der Waals surface area contributed by atoms with Gasteiger partial charge in [-0.05, 0) is 95.5 Å². The SMILES string of the molecule is CN(C)C1=CCC(c2ccccc2CS(=O)(=O)NCCc2c(CCCc3ccc(C(=O)O)cc3)c3cc(Cl)ccc3n2C(c2ccccc2)c2ccccc2)C=C1. The van der Waals surface area contributed by atoms with Crippen molar-refractivity contribution in [3.63, 3.8) is 0 Å². The van der Waals surface area contributed by atoms with Gasteiger partial charge in [0.25, 0.3) is 0 Å². The first-order chi connectivity index (χ1) is 27.6. The lowest BCUT2D eigenvalue weighted by Crippen LogP contribution is -2.29. The maximum atomic E-state index is 13.9. The van der Waals surface area contributed by atoms with E-state index in [4.69, 9.17) is 11.6 Å². The molecule has 1 atom stereocenters. The van der Waals surface area contributed by atoms with Gasteiger partial charge in [-0.15, -0.1) is 0 Å². The largest absolute Gasteiger partial charge is 0.478 e. The number of aromatic carboxylic acids is 1. The first kappa shape index (κ1) is 39.8. The second-order valence-electron chi connectivity index (χ2n) is 14.9. The lowest BCUT2D eigenvalue weighted by molar-refractivity contribution is 0.0697. The van der Waals surface area contributed by atoms with Gasteiger partial charge in [-0.2, -0.15) is 0 Å². The zero-order valence-electron chi connectivity index (χ0n) is 32.3. The maximum absolute atomic E-state index is 13.9. The van der Waals surface area contributed by atoms with Gasteiger partial charge >= 0.3 is 5.97 Å². The van der Waals surface area contributed by atoms with Crippen molar-refractivity contribution in [1.82, 2.24) is 14.2 Å². The van der Waals surface area contributed by atoms with Gasteiger partial charge < -0.3 is 14.6 Å². The number of hydrogen-bond acceptors (Lipinski definition) is 4. The molecule has 0 radical (unpaired) electrons. The van der Waals surface area contributed by atoms with E-state index in [0.29, 0.717) is 11.4 Å². The molecule has 1 unspecified atom stereocenters. The third kappa shape index (κ3) is 9.42. The molecule has 0 saturated carbocycles. The van der Waals surface area contributed by atoms with Crippen LogP contribution in [0.5, 0.6) is 0 Å². The molecular formula is C48H48ClN3O4S. The van der Waals surface area contributed by atoms with Crippen LogP contribution >= 0.6 is 11.6 Å². The van der Waals surface area contributed by atoms with Gasteiger partial charge in [0.2, 0.25) is 10.0 Å². The van der Waals surface area contributed by atoms with Crippen LogP contribution in [0.1, 0.15) is 74.2 Å². The summed E-state index contributed by atoms with van der Waals surface area (Å²) in [5.74, 6) is -0.951. The van der Waals surface area contributed by atoms with Gasteiger partial charge in [-0.1, -0.05) is 121 Å². The number of halogens is 1. The highest BCUT2D eigenvalue weighted by Crippen LogP contribution is 2.38. The van der Waals surface area contributed by atoms with Gasteiger partial charge in [0.05, 0.1) is 17.4 Å². The Hall–Kier alpha value is -5.41. The third-order valence-corrected chi connectivity index (χ3v) is 12.4. The number of aromatic nitrogens is 1. The van der Waals surface area contributed by atoms with Crippen molar-refractivity contribution in [3.05, 3.63) is 201 Å². The molecule has 0 spiro atoms. The Morgan fingerprint density at radius 3 is 2.16 bits per heavy atom. The van der Waals surface area contributed by atoms with Gasteiger partial charge in [-0.3, -0.25) is 0 Å². The minimum atomic E-state index is -3.71. The van der Waals surface area contributed by atoms with Gasteiger partial charge in [0.15, 0.2) is 0 Å². The van der Waals surface area contributed by atoms with Crippen molar-refractivity contribution in [2.75, 3.05) is 20.6 Å². The molecule has 57 heavy (non-hydrogen) atoms. The topological polar surface area (TPSA) is 91.6 Å². The molecule has 9 heteroatoms. The highest BCUT2D eigenvalue weighted by atomic mass is 35.5. The summed E-state index contributed by atoms with van der Waals surface area (Å²) < 4.78 is 33.2. The van der Waals surface area contributed by atoms with Gasteiger partial charge in [0, 0.05) is 60.3 Å². The first-order valence-electron chi connectivity index (χ1n) is 19.4. The fraction of sp³-hybridized carbons (Fsp3) is 0.229. The summed E-state index contributed by atoms with van der Waals surface area (Å²) in [5, 5.41) is 11.1. The van der Waals surface area contributed by atoms with Crippen LogP contribution in [0.3, 0.4) is 0 Å². The molecule has 0 fully saturated rings. The van der Waals surface area contributed by atoms with E-state index in [0.717, 1.165) is 81.4 Å². The second kappa shape index (κ2) is 17.8. The van der Waals surface area contributed by atoms with E-state index >= 15 is 0 Å². The number of aryl methyl sites for hydroxylation is 2. The summed E-state index contributed by atoms with van der Waals surface area (Å²) >= 11 is 6.71. The van der Waals surface area contributed by atoms with Crippen LogP contribution in [0.2, 0.25) is 5.02 Å². The Morgan fingerprint density at radius 2 is 1.53 bits per heavy atom. The van der Waals surface area contributed by atoms with Gasteiger partial charge in [-0.25, -0.2) is 17.9 Å². The van der Waals surface area contributed by atoms with Crippen molar-refractivity contribution >= 4 is 38.5 Å². The van der Waals surface area contributed by atoms with E-state index in [9.17, 15) is 18.3 Å². The first-order valence-corrected chi connectivity index (χ1v) is 21.4. The van der Waals surface area contributed by atoms with E-state index in [1.54, 1.807) is 12.1 Å². The molecule has 1 aliphatic rings. The minimum Gasteiger partial charge on any atom is -0.478 e. The van der Waals surface area contributed by atoms with Crippen LogP contribution in [-0.2, 0) is 35.0 Å². The second-order valence-corrected chi connectivity index (χ2v) is 17.1. The minimum absolute atomic E-state index is 0.105. The number of likely N-dealkylation sites (N-methyl/N-ethyl adjacent to an activating group) is 1. The number of nitrogens with one attached hydrogen (secondary N) is 1. The van der Waals surface area contributed by atoms with Crippen LogP contribution in [0, 0.1) is 0 Å². The fourth-order valence-corrected chi connectivity index (χ4v) is 9.44. The summed E-state index contributed by atoms with van der Waals surface area (Å²) in [7, 11) is 0.334. The van der Waals surface area contributed by atoms with Crippen molar-refractivity contribution < 1.29 is 18.3 Å². The molecule has 1 heterocycles. The number of allylic oxidation sites excluding steroid dienone is 3. The van der Waals surface area contributed by atoms with Crippen LogP contribution in [0.15, 0.2) is 151 Å². The average Bonchev–Trinajstić information content (AvgIpc) is 3.50. The Bertz CT molecular complexity index is 2470. The van der Waals surface area contributed by atoms with Crippen molar-refractivity contribution in [2.24, 2.45) is 0 Å². The van der Waals surface area contributed by atoms with Crippen LogP contribution < -0.4 is 4.72 Å². The molecule has 0 amide bonds. The number of carboxylic acid groups (broad SMARTS) is 1. The number of carbonyl (C=O) groups is 1. The molecule has 7 rings (SSSR count). The predicted octanol–water partition coefficient (Wildman–Crippen LogP) is 9.96. The van der Waals surface area contributed by atoms with E-state index in [-0.39, 0.29) is 29.8 Å². The number of sulfonamides is 1. The fourth-order valence-electron chi connectivity index (χ4n) is 8.08. The molecule has 1 aromatic heterocycles. The van der Waals surface area contributed by atoms with E-state index < -0.39 is 16.0 Å². The molecule has 292 valence electrons. The third-order valence-electron chi connectivity index (χ3n) is 10.8. The monoisotopic (exact) mass is 797 g/mol. The van der Waals surface area contributed by atoms with E-state index in [2.05, 4.69) is 87.0 Å². The predicted molar refractivity (Wildman–Crippen MR) is 232 cm³/mol. The highest BCUT2D eigenvalue weighted by molar-refractivity contribution is 7.88. The number of fused-ring (bicyclic) bond motifs is 1. The summed E-state index contributed by atoms with van der Waals surface area (Å²) in [4.78, 5) is 13.5. The number of nitrogens with zero attached hydrogens (tertiary/aromatic N) is 2. The van der Waals surface area contributed by atoms with Crippen molar-refractivity contribution in [2.45, 2.75) is 49.8 Å². The van der Waals surface area contributed by atoms with Crippen molar-refractivity contribution in [3.8, 4) is 0 Å². The number of carboxylic acids is 1. The summed E-state index contributed by atoms with van der Waals surface area (Å²) in [6, 6.07) is 41.5. The zero-order chi connectivity index (χ0) is 39.9. The molecule has 0 saturated heterocycles. The van der Waals surface area contributed by atoms with Gasteiger partial charge in [0.1, 0.15) is 0 Å². The maximum Gasteiger partial charge on any atom is 0.335 e. The quantitative estimate of drug-likeness (QED) is 0.102. The Kier molecular flexibility index (Phi) is 12.4. The molecule has 6 aromatic rings. The standard InChI is InChI=1S/C48H48ClN3O4S/c1-51(2)41-27-24-35(25-28-41)42-18-10-9-17-39(42)33-57(55,56)50-31-30-46-43(19-11-12-34-20-22-38(23-21-34)48(53)54)44-32-40(49)26-29-45(44)52(46)47(36-13-5-3-6-14-36)37-15-7-4-8-16-37/h3-10,13-18,20-24,26-29,32,35,47,50H,11-12,19,25,30-31,33H2,1-2H3,(H,53,54). The summed E-state index contributed by atoms with van der Waals surface area (Å²) in [6.45, 7) is 0.215. The average molecular weight is 798 g/mol. The Morgan fingerprint density at radius 1 is 0.860 bits per heavy atom. The normalized spacial score (nSPS) is 14.2. The molecular weight excluding hydrogens is 750 g/mol. The highest BCUT2D eigenvalue weighted by Gasteiger charge is 2.26. The zero-order valence-corrected chi connectivity index (χ0v) is 33.9. The summed E-state index contributed by atoms with van der Waals surface area (Å²) in [5.41, 5.74) is 9.72. The lowest BCUT2D eigenvalue weighted by Gasteiger charge is -2.25.